The van der Waals surface area contributed by atoms with Crippen molar-refractivity contribution in [2.75, 3.05) is 0 Å². The van der Waals surface area contributed by atoms with E-state index in [2.05, 4.69) is 20.4 Å². The lowest BCUT2D eigenvalue weighted by atomic mass is 10.3. The molecule has 16 heavy (non-hydrogen) atoms. The molecule has 82 valence electrons. The number of ether oxygens (including phenoxy) is 1. The van der Waals surface area contributed by atoms with E-state index in [4.69, 9.17) is 22.7 Å². The molecule has 0 radical (unpaired) electrons. The highest BCUT2D eigenvalue weighted by Gasteiger charge is 2.10. The van der Waals surface area contributed by atoms with Crippen LogP contribution in [0.1, 0.15) is 11.3 Å². The van der Waals surface area contributed by atoms with E-state index in [1.807, 2.05) is 6.92 Å². The zero-order chi connectivity index (χ0) is 11.5. The molecule has 0 atom stereocenters. The molecule has 2 aromatic rings. The summed E-state index contributed by atoms with van der Waals surface area (Å²) in [6, 6.07) is 3.38. The third-order valence-electron chi connectivity index (χ3n) is 1.84. The number of aromatic nitrogens is 4. The SMILES string of the molecule is Cc1cc(Oc2nnccc2C(N)=S)n[nH]1. The van der Waals surface area contributed by atoms with Crippen molar-refractivity contribution < 1.29 is 4.74 Å². The van der Waals surface area contributed by atoms with E-state index in [9.17, 15) is 0 Å². The van der Waals surface area contributed by atoms with Crippen LogP contribution in [-0.2, 0) is 0 Å². The number of aryl methyl sites for hydroxylation is 1. The molecule has 0 saturated carbocycles. The van der Waals surface area contributed by atoms with Gasteiger partial charge in [-0.15, -0.1) is 10.2 Å². The first-order valence-electron chi connectivity index (χ1n) is 4.48. The van der Waals surface area contributed by atoms with Gasteiger partial charge in [0, 0.05) is 11.8 Å². The minimum Gasteiger partial charge on any atom is -0.417 e. The molecule has 0 spiro atoms. The Morgan fingerprint density at radius 2 is 2.38 bits per heavy atom. The Labute approximate surface area is 96.8 Å². The van der Waals surface area contributed by atoms with Gasteiger partial charge in [-0.25, -0.2) is 0 Å². The highest BCUT2D eigenvalue weighted by atomic mass is 32.1. The van der Waals surface area contributed by atoms with E-state index in [0.29, 0.717) is 11.4 Å². The van der Waals surface area contributed by atoms with E-state index < -0.39 is 0 Å². The summed E-state index contributed by atoms with van der Waals surface area (Å²) in [6.07, 6.45) is 1.50. The first-order valence-corrected chi connectivity index (χ1v) is 4.89. The van der Waals surface area contributed by atoms with Crippen LogP contribution in [0.2, 0.25) is 0 Å². The van der Waals surface area contributed by atoms with Crippen LogP contribution in [0.25, 0.3) is 0 Å². The summed E-state index contributed by atoms with van der Waals surface area (Å²) in [5.74, 6) is 0.650. The van der Waals surface area contributed by atoms with Gasteiger partial charge in [0.05, 0.1) is 11.8 Å². The lowest BCUT2D eigenvalue weighted by molar-refractivity contribution is 0.435. The standard InChI is InChI=1S/C9H9N5OS/c1-5-4-7(13-12-5)15-9-6(8(10)16)2-3-11-14-9/h2-4H,1H3,(H2,10,16)(H,12,13). The summed E-state index contributed by atoms with van der Waals surface area (Å²) in [5.41, 5.74) is 6.95. The Bertz CT molecular complexity index is 524. The van der Waals surface area contributed by atoms with Gasteiger partial charge in [-0.1, -0.05) is 12.2 Å². The number of hydrogen-bond acceptors (Lipinski definition) is 5. The number of nitrogens with two attached hydrogens (primary N) is 1. The maximum Gasteiger partial charge on any atom is 0.250 e. The van der Waals surface area contributed by atoms with E-state index >= 15 is 0 Å². The second-order valence-electron chi connectivity index (χ2n) is 3.11. The number of rotatable bonds is 3. The Hall–Kier alpha value is -2.02. The Balaban J connectivity index is 2.31. The number of hydrogen-bond donors (Lipinski definition) is 2. The van der Waals surface area contributed by atoms with Crippen molar-refractivity contribution in [3.05, 3.63) is 29.6 Å². The highest BCUT2D eigenvalue weighted by molar-refractivity contribution is 7.80. The molecular weight excluding hydrogens is 226 g/mol. The Kier molecular flexibility index (Phi) is 2.78. The highest BCUT2D eigenvalue weighted by Crippen LogP contribution is 2.20. The molecule has 6 nitrogen and oxygen atoms in total. The van der Waals surface area contributed by atoms with Crippen molar-refractivity contribution in [3.8, 4) is 11.8 Å². The summed E-state index contributed by atoms with van der Waals surface area (Å²) in [4.78, 5) is 0.206. The fourth-order valence-corrected chi connectivity index (χ4v) is 1.28. The summed E-state index contributed by atoms with van der Waals surface area (Å²) in [6.45, 7) is 1.87. The van der Waals surface area contributed by atoms with Gasteiger partial charge in [-0.05, 0) is 13.0 Å². The van der Waals surface area contributed by atoms with Gasteiger partial charge >= 0.3 is 0 Å². The van der Waals surface area contributed by atoms with Gasteiger partial charge in [-0.3, -0.25) is 5.10 Å². The minimum absolute atomic E-state index is 0.206. The number of H-pyrrole nitrogens is 1. The van der Waals surface area contributed by atoms with Crippen LogP contribution in [0.4, 0.5) is 0 Å². The molecule has 2 heterocycles. The van der Waals surface area contributed by atoms with Gasteiger partial charge in [0.25, 0.3) is 5.88 Å². The van der Waals surface area contributed by atoms with Crippen molar-refractivity contribution in [2.24, 2.45) is 5.73 Å². The van der Waals surface area contributed by atoms with Gasteiger partial charge in [0.15, 0.2) is 0 Å². The predicted molar refractivity (Wildman–Crippen MR) is 61.3 cm³/mol. The van der Waals surface area contributed by atoms with Crippen LogP contribution >= 0.6 is 12.2 Å². The molecule has 0 saturated heterocycles. The Morgan fingerprint density at radius 1 is 1.56 bits per heavy atom. The molecule has 2 aromatic heterocycles. The number of nitrogens with zero attached hydrogens (tertiary/aromatic N) is 3. The zero-order valence-corrected chi connectivity index (χ0v) is 9.28. The maximum atomic E-state index is 5.53. The molecule has 0 aliphatic heterocycles. The molecule has 0 aliphatic carbocycles. The lowest BCUT2D eigenvalue weighted by Crippen LogP contribution is -2.12. The fourth-order valence-electron chi connectivity index (χ4n) is 1.13. The van der Waals surface area contributed by atoms with Crippen molar-refractivity contribution in [1.82, 2.24) is 20.4 Å². The van der Waals surface area contributed by atoms with E-state index in [-0.39, 0.29) is 10.9 Å². The molecule has 2 rings (SSSR count). The summed E-state index contributed by atoms with van der Waals surface area (Å²) in [5, 5.41) is 14.2. The molecule has 0 fully saturated rings. The van der Waals surface area contributed by atoms with Crippen LogP contribution in [0.3, 0.4) is 0 Å². The average molecular weight is 235 g/mol. The van der Waals surface area contributed by atoms with Gasteiger partial charge in [0.2, 0.25) is 5.88 Å². The molecule has 0 unspecified atom stereocenters. The normalized spacial score (nSPS) is 10.1. The quantitative estimate of drug-likeness (QED) is 0.769. The second-order valence-corrected chi connectivity index (χ2v) is 3.55. The number of aromatic amines is 1. The van der Waals surface area contributed by atoms with Crippen molar-refractivity contribution in [2.45, 2.75) is 6.92 Å². The predicted octanol–water partition coefficient (Wildman–Crippen LogP) is 0.935. The van der Waals surface area contributed by atoms with Crippen LogP contribution in [0.15, 0.2) is 18.3 Å². The van der Waals surface area contributed by atoms with Crippen molar-refractivity contribution >= 4 is 17.2 Å². The molecular formula is C9H9N5OS. The fraction of sp³-hybridized carbons (Fsp3) is 0.111. The summed E-state index contributed by atoms with van der Waals surface area (Å²) in [7, 11) is 0. The van der Waals surface area contributed by atoms with Gasteiger partial charge in [-0.2, -0.15) is 5.10 Å². The molecule has 0 aromatic carbocycles. The number of thiocarbonyl (C=S) groups is 1. The van der Waals surface area contributed by atoms with Gasteiger partial charge < -0.3 is 10.5 Å². The third-order valence-corrected chi connectivity index (χ3v) is 2.06. The topological polar surface area (TPSA) is 89.7 Å². The smallest absolute Gasteiger partial charge is 0.250 e. The minimum atomic E-state index is 0.206. The summed E-state index contributed by atoms with van der Waals surface area (Å²) >= 11 is 4.87. The maximum absolute atomic E-state index is 5.53. The lowest BCUT2D eigenvalue weighted by Gasteiger charge is -2.04. The number of nitrogens with one attached hydrogen (secondary N) is 1. The van der Waals surface area contributed by atoms with Crippen LogP contribution in [0, 0.1) is 6.92 Å². The first kappa shape index (κ1) is 10.5. The molecule has 3 N–H and O–H groups in total. The summed E-state index contributed by atoms with van der Waals surface area (Å²) < 4.78 is 5.41. The van der Waals surface area contributed by atoms with Crippen LogP contribution < -0.4 is 10.5 Å². The van der Waals surface area contributed by atoms with Crippen LogP contribution in [0.5, 0.6) is 11.8 Å². The van der Waals surface area contributed by atoms with Gasteiger partial charge in [0.1, 0.15) is 4.99 Å². The zero-order valence-electron chi connectivity index (χ0n) is 8.47. The monoisotopic (exact) mass is 235 g/mol. The third kappa shape index (κ3) is 2.14. The molecule has 0 bridgehead atoms. The molecule has 0 amide bonds. The average Bonchev–Trinajstić information content (AvgIpc) is 2.64. The second kappa shape index (κ2) is 4.23. The van der Waals surface area contributed by atoms with E-state index in [1.165, 1.54) is 6.20 Å². The largest absolute Gasteiger partial charge is 0.417 e. The first-order chi connectivity index (χ1) is 7.66. The molecule has 0 aliphatic rings. The van der Waals surface area contributed by atoms with E-state index in [0.717, 1.165) is 5.69 Å². The van der Waals surface area contributed by atoms with Crippen LogP contribution in [-0.4, -0.2) is 25.4 Å². The van der Waals surface area contributed by atoms with E-state index in [1.54, 1.807) is 12.1 Å². The van der Waals surface area contributed by atoms with Crippen molar-refractivity contribution in [3.63, 3.8) is 0 Å². The van der Waals surface area contributed by atoms with Crippen molar-refractivity contribution in [1.29, 1.82) is 0 Å². The Morgan fingerprint density at radius 3 is 3.00 bits per heavy atom. The molecule has 7 heteroatoms.